The van der Waals surface area contributed by atoms with Gasteiger partial charge in [-0.1, -0.05) is 11.6 Å². The Bertz CT molecular complexity index is 640. The third kappa shape index (κ3) is 3.29. The molecule has 1 aromatic heterocycles. The highest BCUT2D eigenvalue weighted by atomic mass is 35.5. The largest absolute Gasteiger partial charge is 0.496 e. The summed E-state index contributed by atoms with van der Waals surface area (Å²) >= 11 is 7.50. The van der Waals surface area contributed by atoms with Crippen LogP contribution in [0.15, 0.2) is 18.2 Å². The molecule has 4 nitrogen and oxygen atoms in total. The Balaban J connectivity index is 2.12. The number of amides is 1. The lowest BCUT2D eigenvalue weighted by atomic mass is 10.2. The number of halogens is 1. The lowest BCUT2D eigenvalue weighted by Gasteiger charge is -2.09. The van der Waals surface area contributed by atoms with Gasteiger partial charge in [-0.3, -0.25) is 4.79 Å². The Morgan fingerprint density at radius 2 is 2.20 bits per heavy atom. The van der Waals surface area contributed by atoms with E-state index in [1.165, 1.54) is 7.11 Å². The smallest absolute Gasteiger partial charge is 0.255 e. The quantitative estimate of drug-likeness (QED) is 0.942. The first-order chi connectivity index (χ1) is 9.51. The zero-order valence-corrected chi connectivity index (χ0v) is 13.1. The van der Waals surface area contributed by atoms with Gasteiger partial charge in [0, 0.05) is 9.90 Å². The van der Waals surface area contributed by atoms with Crippen LogP contribution in [-0.4, -0.2) is 18.0 Å². The standard InChI is InChI=1S/C14H15ClN2O2S/c1-8-13(20-9(2)17-8)7-16-14(18)11-6-10(15)4-5-12(11)19-3/h4-6H,7H2,1-3H3,(H,16,18). The highest BCUT2D eigenvalue weighted by Gasteiger charge is 2.14. The molecule has 0 fully saturated rings. The molecular formula is C14H15ClN2O2S. The average molecular weight is 311 g/mol. The molecule has 0 aliphatic carbocycles. The van der Waals surface area contributed by atoms with Crippen LogP contribution in [0.3, 0.4) is 0 Å². The van der Waals surface area contributed by atoms with Crippen LogP contribution in [0.4, 0.5) is 0 Å². The second-order valence-electron chi connectivity index (χ2n) is 4.27. The van der Waals surface area contributed by atoms with E-state index in [-0.39, 0.29) is 5.91 Å². The van der Waals surface area contributed by atoms with E-state index < -0.39 is 0 Å². The fourth-order valence-electron chi connectivity index (χ4n) is 1.85. The van der Waals surface area contributed by atoms with Crippen molar-refractivity contribution in [2.45, 2.75) is 20.4 Å². The number of rotatable bonds is 4. The molecule has 1 amide bonds. The predicted molar refractivity (Wildman–Crippen MR) is 80.8 cm³/mol. The van der Waals surface area contributed by atoms with Crippen molar-refractivity contribution in [1.82, 2.24) is 10.3 Å². The summed E-state index contributed by atoms with van der Waals surface area (Å²) in [6.07, 6.45) is 0. The lowest BCUT2D eigenvalue weighted by molar-refractivity contribution is 0.0948. The van der Waals surface area contributed by atoms with Crippen LogP contribution in [-0.2, 0) is 6.54 Å². The topological polar surface area (TPSA) is 51.2 Å². The fourth-order valence-corrected chi connectivity index (χ4v) is 2.90. The van der Waals surface area contributed by atoms with Crippen molar-refractivity contribution in [1.29, 1.82) is 0 Å². The van der Waals surface area contributed by atoms with Crippen molar-refractivity contribution >= 4 is 28.8 Å². The van der Waals surface area contributed by atoms with Gasteiger partial charge in [-0.05, 0) is 32.0 Å². The van der Waals surface area contributed by atoms with Gasteiger partial charge in [-0.25, -0.2) is 4.98 Å². The van der Waals surface area contributed by atoms with E-state index in [1.807, 2.05) is 13.8 Å². The van der Waals surface area contributed by atoms with Crippen LogP contribution in [0, 0.1) is 13.8 Å². The van der Waals surface area contributed by atoms with E-state index in [1.54, 1.807) is 29.5 Å². The number of carbonyl (C=O) groups is 1. The number of hydrogen-bond acceptors (Lipinski definition) is 4. The predicted octanol–water partition coefficient (Wildman–Crippen LogP) is 3.35. The SMILES string of the molecule is COc1ccc(Cl)cc1C(=O)NCc1sc(C)nc1C. The molecule has 0 aliphatic rings. The first-order valence-electron chi connectivity index (χ1n) is 6.06. The molecule has 2 aromatic rings. The van der Waals surface area contributed by atoms with Crippen molar-refractivity contribution in [3.63, 3.8) is 0 Å². The summed E-state index contributed by atoms with van der Waals surface area (Å²) in [5, 5.41) is 4.36. The second kappa shape index (κ2) is 6.24. The number of thiazole rings is 1. The number of aromatic nitrogens is 1. The van der Waals surface area contributed by atoms with Crippen molar-refractivity contribution in [2.24, 2.45) is 0 Å². The van der Waals surface area contributed by atoms with Gasteiger partial charge in [-0.15, -0.1) is 11.3 Å². The number of benzene rings is 1. The zero-order chi connectivity index (χ0) is 14.7. The normalized spacial score (nSPS) is 10.4. The second-order valence-corrected chi connectivity index (χ2v) is 5.99. The Morgan fingerprint density at radius 1 is 1.45 bits per heavy atom. The van der Waals surface area contributed by atoms with Gasteiger partial charge in [0.2, 0.25) is 0 Å². The van der Waals surface area contributed by atoms with Crippen LogP contribution >= 0.6 is 22.9 Å². The maximum absolute atomic E-state index is 12.2. The van der Waals surface area contributed by atoms with Crippen molar-refractivity contribution in [3.05, 3.63) is 44.4 Å². The number of carbonyl (C=O) groups excluding carboxylic acids is 1. The van der Waals surface area contributed by atoms with Gasteiger partial charge in [0.25, 0.3) is 5.91 Å². The van der Waals surface area contributed by atoms with E-state index in [0.29, 0.717) is 22.9 Å². The third-order valence-corrected chi connectivity index (χ3v) is 4.12. The highest BCUT2D eigenvalue weighted by molar-refractivity contribution is 7.11. The average Bonchev–Trinajstić information content (AvgIpc) is 2.74. The Labute approximate surface area is 126 Å². The molecule has 1 N–H and O–H groups in total. The summed E-state index contributed by atoms with van der Waals surface area (Å²) < 4.78 is 5.17. The Hall–Kier alpha value is -1.59. The summed E-state index contributed by atoms with van der Waals surface area (Å²) in [5.74, 6) is 0.291. The molecule has 0 bridgehead atoms. The van der Waals surface area contributed by atoms with Crippen molar-refractivity contribution in [3.8, 4) is 5.75 Å². The summed E-state index contributed by atoms with van der Waals surface area (Å²) in [6.45, 7) is 4.33. The monoisotopic (exact) mass is 310 g/mol. The molecule has 106 valence electrons. The molecule has 2 rings (SSSR count). The molecule has 0 unspecified atom stereocenters. The van der Waals surface area contributed by atoms with Crippen molar-refractivity contribution in [2.75, 3.05) is 7.11 Å². The summed E-state index contributed by atoms with van der Waals surface area (Å²) in [5.41, 5.74) is 1.38. The molecule has 0 radical (unpaired) electrons. The van der Waals surface area contributed by atoms with E-state index in [9.17, 15) is 4.79 Å². The maximum atomic E-state index is 12.2. The summed E-state index contributed by atoms with van der Waals surface area (Å²) in [6, 6.07) is 4.97. The summed E-state index contributed by atoms with van der Waals surface area (Å²) in [4.78, 5) is 17.6. The van der Waals surface area contributed by atoms with Crippen molar-refractivity contribution < 1.29 is 9.53 Å². The maximum Gasteiger partial charge on any atom is 0.255 e. The van der Waals surface area contributed by atoms with Gasteiger partial charge in [-0.2, -0.15) is 0 Å². The molecule has 0 aliphatic heterocycles. The fraction of sp³-hybridized carbons (Fsp3) is 0.286. The minimum absolute atomic E-state index is 0.213. The summed E-state index contributed by atoms with van der Waals surface area (Å²) in [7, 11) is 1.52. The number of nitrogens with one attached hydrogen (secondary N) is 1. The van der Waals surface area contributed by atoms with Crippen LogP contribution in [0.25, 0.3) is 0 Å². The number of aryl methyl sites for hydroxylation is 2. The van der Waals surface area contributed by atoms with Gasteiger partial charge >= 0.3 is 0 Å². The molecule has 0 saturated carbocycles. The van der Waals surface area contributed by atoms with Crippen LogP contribution in [0.5, 0.6) is 5.75 Å². The Morgan fingerprint density at radius 3 is 2.80 bits per heavy atom. The molecule has 20 heavy (non-hydrogen) atoms. The molecule has 0 saturated heterocycles. The highest BCUT2D eigenvalue weighted by Crippen LogP contribution is 2.23. The van der Waals surface area contributed by atoms with Gasteiger partial charge in [0.1, 0.15) is 5.75 Å². The van der Waals surface area contributed by atoms with Crippen LogP contribution in [0.1, 0.15) is 25.9 Å². The first-order valence-corrected chi connectivity index (χ1v) is 7.25. The molecular weight excluding hydrogens is 296 g/mol. The lowest BCUT2D eigenvalue weighted by Crippen LogP contribution is -2.23. The van der Waals surface area contributed by atoms with Gasteiger partial charge in [0.05, 0.1) is 29.9 Å². The van der Waals surface area contributed by atoms with Gasteiger partial charge < -0.3 is 10.1 Å². The molecule has 1 aromatic carbocycles. The van der Waals surface area contributed by atoms with E-state index in [2.05, 4.69) is 10.3 Å². The number of ether oxygens (including phenoxy) is 1. The molecule has 6 heteroatoms. The third-order valence-electron chi connectivity index (χ3n) is 2.82. The first kappa shape index (κ1) is 14.8. The van der Waals surface area contributed by atoms with Crippen LogP contribution < -0.4 is 10.1 Å². The van der Waals surface area contributed by atoms with E-state index >= 15 is 0 Å². The van der Waals surface area contributed by atoms with Crippen LogP contribution in [0.2, 0.25) is 5.02 Å². The van der Waals surface area contributed by atoms with E-state index in [4.69, 9.17) is 16.3 Å². The Kier molecular flexibility index (Phi) is 4.62. The molecule has 0 spiro atoms. The molecule has 1 heterocycles. The molecule has 0 atom stereocenters. The number of nitrogens with zero attached hydrogens (tertiary/aromatic N) is 1. The minimum Gasteiger partial charge on any atom is -0.496 e. The zero-order valence-electron chi connectivity index (χ0n) is 11.5. The number of hydrogen-bond donors (Lipinski definition) is 1. The van der Waals surface area contributed by atoms with Gasteiger partial charge in [0.15, 0.2) is 0 Å². The minimum atomic E-state index is -0.213. The number of methoxy groups -OCH3 is 1. The van der Waals surface area contributed by atoms with E-state index in [0.717, 1.165) is 15.6 Å².